The average Bonchev–Trinajstić information content (AvgIpc) is 3.30. The number of hydrogen-bond acceptors (Lipinski definition) is 6. The minimum atomic E-state index is -0.788. The summed E-state index contributed by atoms with van der Waals surface area (Å²) in [5, 5.41) is 0. The van der Waals surface area contributed by atoms with E-state index in [-0.39, 0.29) is 31.1 Å². The van der Waals surface area contributed by atoms with Crippen molar-refractivity contribution in [1.29, 1.82) is 0 Å². The number of carbonyl (C=O) groups is 3. The summed E-state index contributed by atoms with van der Waals surface area (Å²) in [5.41, 5.74) is 0. The van der Waals surface area contributed by atoms with E-state index in [2.05, 4.69) is 93.7 Å². The lowest BCUT2D eigenvalue weighted by Crippen LogP contribution is -2.30. The van der Waals surface area contributed by atoms with Gasteiger partial charge in [0.05, 0.1) is 0 Å². The number of hydrogen-bond donors (Lipinski definition) is 0. The molecule has 0 aliphatic carbocycles. The molecule has 0 saturated carbocycles. The van der Waals surface area contributed by atoms with Crippen LogP contribution in [0.2, 0.25) is 0 Å². The molecular formula is C59H102O6. The van der Waals surface area contributed by atoms with Gasteiger partial charge in [-0.25, -0.2) is 0 Å². The Morgan fingerprint density at radius 1 is 0.323 bits per heavy atom. The largest absolute Gasteiger partial charge is 0.462 e. The van der Waals surface area contributed by atoms with Crippen LogP contribution in [0.5, 0.6) is 0 Å². The van der Waals surface area contributed by atoms with Gasteiger partial charge in [0.1, 0.15) is 13.2 Å². The van der Waals surface area contributed by atoms with E-state index >= 15 is 0 Å². The standard InChI is InChI=1S/C59H102O6/c1-4-7-10-13-16-19-22-25-27-29-31-34-37-40-43-46-49-52-58(61)64-55-56(54-63-57(60)51-48-45-42-39-36-33-24-21-18-15-12-9-6-3)65-59(62)53-50-47-44-41-38-35-32-30-28-26-23-20-17-14-11-8-5-2/h7,10,16-17,19-20,25-28,31,34,56H,4-6,8-9,11-15,18,21-24,29-30,32-33,35-55H2,1-3H3/b10-7-,19-16-,20-17-,27-25-,28-26-,34-31-/t56-/m0/s1. The fourth-order valence-electron chi connectivity index (χ4n) is 7.58. The predicted octanol–water partition coefficient (Wildman–Crippen LogP) is 18.2. The van der Waals surface area contributed by atoms with Gasteiger partial charge >= 0.3 is 17.9 Å². The Morgan fingerprint density at radius 2 is 0.600 bits per heavy atom. The lowest BCUT2D eigenvalue weighted by molar-refractivity contribution is -0.167. The molecule has 0 unspecified atom stereocenters. The molecule has 0 N–H and O–H groups in total. The van der Waals surface area contributed by atoms with Gasteiger partial charge in [0.2, 0.25) is 0 Å². The van der Waals surface area contributed by atoms with Gasteiger partial charge in [-0.2, -0.15) is 0 Å². The summed E-state index contributed by atoms with van der Waals surface area (Å²) in [6, 6.07) is 0. The van der Waals surface area contributed by atoms with Gasteiger partial charge in [0.25, 0.3) is 0 Å². The molecular weight excluding hydrogens is 805 g/mol. The SMILES string of the molecule is CC/C=C\C/C=C\C/C=C\C/C=C\CCCCCCC(=O)OC[C@H](COC(=O)CCCCCCCCCCCCCCC)OC(=O)CCCCCCCCC/C=C\C/C=C\CCCCC. The Bertz CT molecular complexity index is 1230. The van der Waals surface area contributed by atoms with E-state index in [1.165, 1.54) is 116 Å². The Morgan fingerprint density at radius 3 is 0.969 bits per heavy atom. The normalized spacial score (nSPS) is 12.6. The zero-order valence-corrected chi connectivity index (χ0v) is 42.7. The van der Waals surface area contributed by atoms with Crippen LogP contribution in [-0.2, 0) is 28.6 Å². The summed E-state index contributed by atoms with van der Waals surface area (Å²) in [6.45, 7) is 6.49. The van der Waals surface area contributed by atoms with Crippen molar-refractivity contribution in [1.82, 2.24) is 0 Å². The third kappa shape index (κ3) is 51.7. The van der Waals surface area contributed by atoms with Crippen LogP contribution < -0.4 is 0 Å². The molecule has 0 aliphatic rings. The van der Waals surface area contributed by atoms with Crippen LogP contribution in [0.3, 0.4) is 0 Å². The first-order chi connectivity index (χ1) is 32.0. The van der Waals surface area contributed by atoms with Crippen LogP contribution >= 0.6 is 0 Å². The van der Waals surface area contributed by atoms with Gasteiger partial charge in [-0.1, -0.05) is 229 Å². The van der Waals surface area contributed by atoms with E-state index in [4.69, 9.17) is 14.2 Å². The first-order valence-corrected chi connectivity index (χ1v) is 27.4. The van der Waals surface area contributed by atoms with E-state index in [9.17, 15) is 14.4 Å². The zero-order chi connectivity index (χ0) is 47.2. The van der Waals surface area contributed by atoms with Crippen LogP contribution in [0.4, 0.5) is 0 Å². The van der Waals surface area contributed by atoms with Crippen molar-refractivity contribution in [2.45, 2.75) is 271 Å². The molecule has 0 amide bonds. The molecule has 1 atom stereocenters. The van der Waals surface area contributed by atoms with Gasteiger partial charge in [-0.15, -0.1) is 0 Å². The Balaban J connectivity index is 4.43. The van der Waals surface area contributed by atoms with Gasteiger partial charge in [0.15, 0.2) is 6.10 Å². The van der Waals surface area contributed by atoms with Crippen LogP contribution in [0.1, 0.15) is 265 Å². The van der Waals surface area contributed by atoms with E-state index in [1.54, 1.807) is 0 Å². The first-order valence-electron chi connectivity index (χ1n) is 27.4. The van der Waals surface area contributed by atoms with E-state index < -0.39 is 6.10 Å². The summed E-state index contributed by atoms with van der Waals surface area (Å²) in [6.07, 6.45) is 67.4. The lowest BCUT2D eigenvalue weighted by Gasteiger charge is -2.18. The van der Waals surface area contributed by atoms with Crippen molar-refractivity contribution in [3.63, 3.8) is 0 Å². The second-order valence-corrected chi connectivity index (χ2v) is 18.1. The fraction of sp³-hybridized carbons (Fsp3) is 0.746. The molecule has 65 heavy (non-hydrogen) atoms. The van der Waals surface area contributed by atoms with Crippen molar-refractivity contribution in [2.75, 3.05) is 13.2 Å². The minimum Gasteiger partial charge on any atom is -0.462 e. The Labute approximate surface area is 402 Å². The van der Waals surface area contributed by atoms with Gasteiger partial charge < -0.3 is 14.2 Å². The minimum absolute atomic E-state index is 0.0848. The number of allylic oxidation sites excluding steroid dienone is 12. The lowest BCUT2D eigenvalue weighted by atomic mass is 10.0. The second kappa shape index (κ2) is 53.5. The quantitative estimate of drug-likeness (QED) is 0.0262. The zero-order valence-electron chi connectivity index (χ0n) is 42.7. The highest BCUT2D eigenvalue weighted by Crippen LogP contribution is 2.15. The highest BCUT2D eigenvalue weighted by Gasteiger charge is 2.19. The first kappa shape index (κ1) is 61.9. The summed E-state index contributed by atoms with van der Waals surface area (Å²) >= 11 is 0. The molecule has 0 saturated heterocycles. The maximum absolute atomic E-state index is 12.8. The van der Waals surface area contributed by atoms with Crippen molar-refractivity contribution < 1.29 is 28.6 Å². The summed E-state index contributed by atoms with van der Waals surface area (Å²) < 4.78 is 16.8. The molecule has 0 heterocycles. The molecule has 0 fully saturated rings. The molecule has 0 spiro atoms. The van der Waals surface area contributed by atoms with Crippen molar-refractivity contribution in [2.24, 2.45) is 0 Å². The smallest absolute Gasteiger partial charge is 0.306 e. The number of ether oxygens (including phenoxy) is 3. The van der Waals surface area contributed by atoms with Crippen molar-refractivity contribution in [3.05, 3.63) is 72.9 Å². The monoisotopic (exact) mass is 907 g/mol. The summed E-state index contributed by atoms with van der Waals surface area (Å²) in [4.78, 5) is 38.1. The highest BCUT2D eigenvalue weighted by atomic mass is 16.6. The molecule has 0 bridgehead atoms. The molecule has 0 aliphatic heterocycles. The Kier molecular flexibility index (Phi) is 50.9. The van der Waals surface area contributed by atoms with Crippen molar-refractivity contribution >= 4 is 17.9 Å². The van der Waals surface area contributed by atoms with Gasteiger partial charge in [-0.3, -0.25) is 14.4 Å². The maximum Gasteiger partial charge on any atom is 0.306 e. The second-order valence-electron chi connectivity index (χ2n) is 18.1. The molecule has 0 rings (SSSR count). The van der Waals surface area contributed by atoms with E-state index in [0.29, 0.717) is 19.3 Å². The number of unbranched alkanes of at least 4 members (excludes halogenated alkanes) is 26. The highest BCUT2D eigenvalue weighted by molar-refractivity contribution is 5.71. The summed E-state index contributed by atoms with van der Waals surface area (Å²) in [5.74, 6) is -0.911. The maximum atomic E-state index is 12.8. The number of carbonyl (C=O) groups excluding carboxylic acids is 3. The van der Waals surface area contributed by atoms with E-state index in [0.717, 1.165) is 109 Å². The third-order valence-electron chi connectivity index (χ3n) is 11.7. The van der Waals surface area contributed by atoms with E-state index in [1.807, 2.05) is 0 Å². The molecule has 0 aromatic carbocycles. The molecule has 0 aromatic heterocycles. The van der Waals surface area contributed by atoms with Crippen LogP contribution in [0.25, 0.3) is 0 Å². The molecule has 6 heteroatoms. The van der Waals surface area contributed by atoms with Crippen LogP contribution in [0.15, 0.2) is 72.9 Å². The van der Waals surface area contributed by atoms with Crippen LogP contribution in [-0.4, -0.2) is 37.2 Å². The number of esters is 3. The third-order valence-corrected chi connectivity index (χ3v) is 11.7. The molecule has 0 aromatic rings. The molecule has 6 nitrogen and oxygen atoms in total. The van der Waals surface area contributed by atoms with Crippen LogP contribution in [0, 0.1) is 0 Å². The fourth-order valence-corrected chi connectivity index (χ4v) is 7.58. The van der Waals surface area contributed by atoms with Crippen molar-refractivity contribution in [3.8, 4) is 0 Å². The molecule has 374 valence electrons. The predicted molar refractivity (Wildman–Crippen MR) is 279 cm³/mol. The van der Waals surface area contributed by atoms with Gasteiger partial charge in [-0.05, 0) is 89.9 Å². The molecule has 0 radical (unpaired) electrons. The Hall–Kier alpha value is -3.15. The number of rotatable bonds is 49. The average molecular weight is 907 g/mol. The topological polar surface area (TPSA) is 78.9 Å². The summed E-state index contributed by atoms with van der Waals surface area (Å²) in [7, 11) is 0. The van der Waals surface area contributed by atoms with Gasteiger partial charge in [0, 0.05) is 19.3 Å².